The summed E-state index contributed by atoms with van der Waals surface area (Å²) in [5, 5.41) is 0.174. The number of nitrogens with two attached hydrogens (primary N) is 1. The first-order chi connectivity index (χ1) is 4.80. The molecule has 3 heteroatoms. The second kappa shape index (κ2) is 5.21. The molecule has 1 aromatic carbocycles. The Kier molecular flexibility index (Phi) is 4.89. The van der Waals surface area contributed by atoms with Crippen molar-refractivity contribution in [1.82, 2.24) is 0 Å². The summed E-state index contributed by atoms with van der Waals surface area (Å²) in [7, 11) is 1.50. The van der Waals surface area contributed by atoms with E-state index in [9.17, 15) is 4.39 Å². The van der Waals surface area contributed by atoms with E-state index >= 15 is 0 Å². The lowest BCUT2D eigenvalue weighted by Gasteiger charge is -1.86. The van der Waals surface area contributed by atoms with E-state index in [1.165, 1.54) is 19.2 Å². The van der Waals surface area contributed by atoms with Crippen LogP contribution >= 0.6 is 11.6 Å². The molecule has 0 heterocycles. The Morgan fingerprint density at radius 2 is 1.80 bits per heavy atom. The summed E-state index contributed by atoms with van der Waals surface area (Å²) < 4.78 is 12.2. The van der Waals surface area contributed by atoms with E-state index in [-0.39, 0.29) is 10.8 Å². The van der Waals surface area contributed by atoms with Crippen LogP contribution in [-0.4, -0.2) is 7.05 Å². The average Bonchev–Trinajstić information content (AvgIpc) is 2.00. The molecule has 0 bridgehead atoms. The lowest BCUT2D eigenvalue weighted by molar-refractivity contribution is 0.628. The number of halogens is 2. The van der Waals surface area contributed by atoms with Crippen molar-refractivity contribution in [3.8, 4) is 0 Å². The quantitative estimate of drug-likeness (QED) is 0.619. The number of benzene rings is 1. The van der Waals surface area contributed by atoms with Crippen molar-refractivity contribution in [2.75, 3.05) is 7.05 Å². The molecule has 0 unspecified atom stereocenters. The molecule has 0 aliphatic rings. The van der Waals surface area contributed by atoms with E-state index in [1.54, 1.807) is 12.1 Å². The Labute approximate surface area is 64.6 Å². The van der Waals surface area contributed by atoms with Gasteiger partial charge in [0.2, 0.25) is 0 Å². The Hall–Kier alpha value is -0.600. The molecule has 1 aromatic rings. The molecule has 0 spiro atoms. The Balaban J connectivity index is 0.000000371. The van der Waals surface area contributed by atoms with Crippen LogP contribution in [0, 0.1) is 5.82 Å². The third-order valence-corrected chi connectivity index (χ3v) is 1.13. The van der Waals surface area contributed by atoms with Gasteiger partial charge in [-0.1, -0.05) is 23.7 Å². The minimum atomic E-state index is -0.367. The van der Waals surface area contributed by atoms with Gasteiger partial charge in [-0.15, -0.1) is 0 Å². The maximum atomic E-state index is 12.2. The lowest BCUT2D eigenvalue weighted by atomic mass is 10.4. The van der Waals surface area contributed by atoms with Gasteiger partial charge in [-0.3, -0.25) is 0 Å². The summed E-state index contributed by atoms with van der Waals surface area (Å²) in [5.74, 6) is -0.367. The first kappa shape index (κ1) is 9.40. The highest BCUT2D eigenvalue weighted by atomic mass is 35.5. The molecule has 0 saturated heterocycles. The maximum absolute atomic E-state index is 12.2. The van der Waals surface area contributed by atoms with Gasteiger partial charge in [0.25, 0.3) is 0 Å². The van der Waals surface area contributed by atoms with Gasteiger partial charge in [0.1, 0.15) is 5.82 Å². The van der Waals surface area contributed by atoms with Crippen molar-refractivity contribution in [3.63, 3.8) is 0 Å². The summed E-state index contributed by atoms with van der Waals surface area (Å²) in [4.78, 5) is 0. The minimum absolute atomic E-state index is 0.174. The molecular formula is C7H9ClFN. The molecule has 0 saturated carbocycles. The summed E-state index contributed by atoms with van der Waals surface area (Å²) in [6.07, 6.45) is 0. The summed E-state index contributed by atoms with van der Waals surface area (Å²) >= 11 is 5.33. The zero-order valence-electron chi connectivity index (χ0n) is 5.64. The molecule has 0 aliphatic carbocycles. The van der Waals surface area contributed by atoms with Crippen LogP contribution in [0.5, 0.6) is 0 Å². The second-order valence-electron chi connectivity index (χ2n) is 1.41. The first-order valence-corrected chi connectivity index (χ1v) is 3.16. The van der Waals surface area contributed by atoms with Gasteiger partial charge in [0.05, 0.1) is 5.02 Å². The molecule has 56 valence electrons. The Morgan fingerprint density at radius 1 is 1.30 bits per heavy atom. The van der Waals surface area contributed by atoms with E-state index in [0.29, 0.717) is 0 Å². The standard InChI is InChI=1S/C6H4ClF.CH5N/c7-5-3-1-2-4-6(5)8;1-2/h1-4H;2H2,1H3. The molecule has 0 aliphatic heterocycles. The van der Waals surface area contributed by atoms with Crippen LogP contribution in [0.3, 0.4) is 0 Å². The third kappa shape index (κ3) is 2.80. The van der Waals surface area contributed by atoms with Crippen LogP contribution in [0.1, 0.15) is 0 Å². The highest BCUT2D eigenvalue weighted by Gasteiger charge is 1.91. The first-order valence-electron chi connectivity index (χ1n) is 2.78. The van der Waals surface area contributed by atoms with Gasteiger partial charge in [0.15, 0.2) is 0 Å². The molecule has 0 radical (unpaired) electrons. The fraction of sp³-hybridized carbons (Fsp3) is 0.143. The fourth-order valence-corrected chi connectivity index (χ4v) is 0.575. The molecule has 1 nitrogen and oxygen atoms in total. The smallest absolute Gasteiger partial charge is 0.141 e. The van der Waals surface area contributed by atoms with E-state index in [2.05, 4.69) is 5.73 Å². The van der Waals surface area contributed by atoms with Crippen molar-refractivity contribution in [2.45, 2.75) is 0 Å². The van der Waals surface area contributed by atoms with E-state index in [4.69, 9.17) is 11.6 Å². The van der Waals surface area contributed by atoms with Crippen molar-refractivity contribution >= 4 is 11.6 Å². The van der Waals surface area contributed by atoms with E-state index in [1.807, 2.05) is 0 Å². The predicted octanol–water partition coefficient (Wildman–Crippen LogP) is 2.05. The number of rotatable bonds is 0. The highest BCUT2D eigenvalue weighted by Crippen LogP contribution is 2.11. The molecule has 0 atom stereocenters. The number of hydrogen-bond donors (Lipinski definition) is 1. The highest BCUT2D eigenvalue weighted by molar-refractivity contribution is 6.30. The Bertz CT molecular complexity index is 170. The van der Waals surface area contributed by atoms with Gasteiger partial charge in [-0.2, -0.15) is 0 Å². The average molecular weight is 162 g/mol. The molecule has 0 aromatic heterocycles. The van der Waals surface area contributed by atoms with Gasteiger partial charge >= 0.3 is 0 Å². The van der Waals surface area contributed by atoms with Crippen LogP contribution in [0.15, 0.2) is 24.3 Å². The second-order valence-corrected chi connectivity index (χ2v) is 1.82. The van der Waals surface area contributed by atoms with Crippen molar-refractivity contribution < 1.29 is 4.39 Å². The monoisotopic (exact) mass is 161 g/mol. The molecule has 0 amide bonds. The van der Waals surface area contributed by atoms with Gasteiger partial charge in [0, 0.05) is 0 Å². The molecule has 2 N–H and O–H groups in total. The van der Waals surface area contributed by atoms with Gasteiger partial charge < -0.3 is 5.73 Å². The van der Waals surface area contributed by atoms with E-state index in [0.717, 1.165) is 0 Å². The summed E-state index contributed by atoms with van der Waals surface area (Å²) in [5.41, 5.74) is 4.50. The topological polar surface area (TPSA) is 26.0 Å². The van der Waals surface area contributed by atoms with Gasteiger partial charge in [-0.25, -0.2) is 4.39 Å². The number of hydrogen-bond acceptors (Lipinski definition) is 1. The van der Waals surface area contributed by atoms with Crippen LogP contribution in [0.25, 0.3) is 0 Å². The van der Waals surface area contributed by atoms with Crippen LogP contribution in [-0.2, 0) is 0 Å². The van der Waals surface area contributed by atoms with Gasteiger partial charge in [-0.05, 0) is 19.2 Å². The Morgan fingerprint density at radius 3 is 2.10 bits per heavy atom. The summed E-state index contributed by atoms with van der Waals surface area (Å²) in [6.45, 7) is 0. The fourth-order valence-electron chi connectivity index (χ4n) is 0.439. The lowest BCUT2D eigenvalue weighted by Crippen LogP contribution is -1.70. The minimum Gasteiger partial charge on any atom is -0.333 e. The molecular weight excluding hydrogens is 153 g/mol. The molecule has 1 rings (SSSR count). The van der Waals surface area contributed by atoms with Crippen LogP contribution in [0.4, 0.5) is 4.39 Å². The van der Waals surface area contributed by atoms with Crippen molar-refractivity contribution in [1.29, 1.82) is 0 Å². The van der Waals surface area contributed by atoms with Crippen molar-refractivity contribution in [2.24, 2.45) is 5.73 Å². The third-order valence-electron chi connectivity index (χ3n) is 0.824. The van der Waals surface area contributed by atoms with Crippen LogP contribution < -0.4 is 5.73 Å². The predicted molar refractivity (Wildman–Crippen MR) is 41.5 cm³/mol. The summed E-state index contributed by atoms with van der Waals surface area (Å²) in [6, 6.07) is 6.12. The van der Waals surface area contributed by atoms with Crippen molar-refractivity contribution in [3.05, 3.63) is 35.1 Å². The maximum Gasteiger partial charge on any atom is 0.141 e. The molecule has 0 fully saturated rings. The van der Waals surface area contributed by atoms with Crippen LogP contribution in [0.2, 0.25) is 5.02 Å². The molecule has 10 heavy (non-hydrogen) atoms. The zero-order chi connectivity index (χ0) is 7.98. The SMILES string of the molecule is CN.Fc1ccccc1Cl. The largest absolute Gasteiger partial charge is 0.333 e. The normalized spacial score (nSPS) is 8.00. The zero-order valence-corrected chi connectivity index (χ0v) is 6.40. The van der Waals surface area contributed by atoms with E-state index < -0.39 is 0 Å².